The maximum absolute atomic E-state index is 4.51. The van der Waals surface area contributed by atoms with E-state index < -0.39 is 0 Å². The van der Waals surface area contributed by atoms with Gasteiger partial charge in [0.05, 0.1) is 5.52 Å². The van der Waals surface area contributed by atoms with E-state index in [0.29, 0.717) is 0 Å². The molecule has 0 unspecified atom stereocenters. The van der Waals surface area contributed by atoms with E-state index in [0.717, 1.165) is 16.6 Å². The monoisotopic (exact) mass is 194 g/mol. The Morgan fingerprint density at radius 1 is 0.933 bits per heavy atom. The first-order valence-electron chi connectivity index (χ1n) is 4.94. The molecule has 3 rings (SSSR count). The van der Waals surface area contributed by atoms with Crippen LogP contribution in [0.2, 0.25) is 0 Å². The summed E-state index contributed by atoms with van der Waals surface area (Å²) < 4.78 is 0. The summed E-state index contributed by atoms with van der Waals surface area (Å²) in [5, 5.41) is 3.52. The van der Waals surface area contributed by atoms with Crippen molar-refractivity contribution in [2.45, 2.75) is 6.92 Å². The van der Waals surface area contributed by atoms with Gasteiger partial charge in [0, 0.05) is 28.9 Å². The van der Waals surface area contributed by atoms with E-state index in [9.17, 15) is 0 Å². The molecule has 2 heteroatoms. The number of nitrogens with zero attached hydrogens (tertiary/aromatic N) is 2. The second-order valence-electron chi connectivity index (χ2n) is 3.72. The third-order valence-electron chi connectivity index (χ3n) is 2.59. The Balaban J connectivity index is 2.47. The predicted octanol–water partition coefficient (Wildman–Crippen LogP) is 3.09. The number of aryl methyl sites for hydroxylation is 1. The van der Waals surface area contributed by atoms with E-state index in [1.807, 2.05) is 31.5 Å². The number of pyridine rings is 2. The lowest BCUT2D eigenvalue weighted by atomic mass is 10.1. The van der Waals surface area contributed by atoms with E-state index in [1.54, 1.807) is 0 Å². The summed E-state index contributed by atoms with van der Waals surface area (Å²) in [5.74, 6) is 0. The molecule has 0 N–H and O–H groups in total. The van der Waals surface area contributed by atoms with Crippen molar-refractivity contribution in [1.29, 1.82) is 0 Å². The summed E-state index contributed by atoms with van der Waals surface area (Å²) in [6, 6.07) is 10.4. The minimum absolute atomic E-state index is 1.05. The quantitative estimate of drug-likeness (QED) is 0.514. The highest BCUT2D eigenvalue weighted by Gasteiger charge is 1.98. The number of benzene rings is 1. The lowest BCUT2D eigenvalue weighted by molar-refractivity contribution is 1.26. The lowest BCUT2D eigenvalue weighted by Crippen LogP contribution is -1.83. The van der Waals surface area contributed by atoms with Crippen molar-refractivity contribution in [1.82, 2.24) is 9.97 Å². The smallest absolute Gasteiger partial charge is 0.0711 e. The zero-order valence-corrected chi connectivity index (χ0v) is 8.44. The van der Waals surface area contributed by atoms with Gasteiger partial charge >= 0.3 is 0 Å². The molecule has 0 aliphatic heterocycles. The van der Waals surface area contributed by atoms with Crippen LogP contribution in [-0.2, 0) is 0 Å². The highest BCUT2D eigenvalue weighted by molar-refractivity contribution is 5.95. The van der Waals surface area contributed by atoms with Crippen LogP contribution in [-0.4, -0.2) is 9.97 Å². The number of hydrogen-bond donors (Lipinski definition) is 0. The molecule has 15 heavy (non-hydrogen) atoms. The van der Waals surface area contributed by atoms with Crippen LogP contribution in [0.5, 0.6) is 0 Å². The average molecular weight is 194 g/mol. The SMILES string of the molecule is Cc1ccc2cc3cnccc3cc2n1. The molecule has 0 saturated heterocycles. The first-order chi connectivity index (χ1) is 7.33. The largest absolute Gasteiger partial charge is 0.264 e. The summed E-state index contributed by atoms with van der Waals surface area (Å²) in [6.45, 7) is 2.01. The molecule has 2 aromatic heterocycles. The maximum atomic E-state index is 4.51. The second kappa shape index (κ2) is 3.02. The minimum Gasteiger partial charge on any atom is -0.264 e. The number of fused-ring (bicyclic) bond motifs is 2. The van der Waals surface area contributed by atoms with Crippen LogP contribution < -0.4 is 0 Å². The first kappa shape index (κ1) is 8.36. The Hall–Kier alpha value is -1.96. The maximum Gasteiger partial charge on any atom is 0.0711 e. The average Bonchev–Trinajstić information content (AvgIpc) is 2.26. The molecule has 0 amide bonds. The molecular formula is C13H10N2. The van der Waals surface area contributed by atoms with Gasteiger partial charge in [0.15, 0.2) is 0 Å². The first-order valence-corrected chi connectivity index (χ1v) is 4.94. The van der Waals surface area contributed by atoms with Gasteiger partial charge in [-0.05, 0) is 36.6 Å². The van der Waals surface area contributed by atoms with Crippen LogP contribution >= 0.6 is 0 Å². The van der Waals surface area contributed by atoms with Crippen LogP contribution in [0.3, 0.4) is 0 Å². The Kier molecular flexibility index (Phi) is 1.68. The van der Waals surface area contributed by atoms with Gasteiger partial charge in [-0.2, -0.15) is 0 Å². The fraction of sp³-hybridized carbons (Fsp3) is 0.0769. The van der Waals surface area contributed by atoms with E-state index in [2.05, 4.69) is 28.2 Å². The standard InChI is InChI=1S/C13H10N2/c1-9-2-3-11-6-12-8-14-5-4-10(12)7-13(11)15-9/h2-8H,1H3. The Morgan fingerprint density at radius 2 is 1.87 bits per heavy atom. The van der Waals surface area contributed by atoms with E-state index >= 15 is 0 Å². The van der Waals surface area contributed by atoms with Crippen molar-refractivity contribution in [2.75, 3.05) is 0 Å². The van der Waals surface area contributed by atoms with Gasteiger partial charge in [-0.15, -0.1) is 0 Å². The van der Waals surface area contributed by atoms with Crippen molar-refractivity contribution in [3.05, 3.63) is 48.4 Å². The fourth-order valence-electron chi connectivity index (χ4n) is 1.81. The molecule has 3 aromatic rings. The summed E-state index contributed by atoms with van der Waals surface area (Å²) >= 11 is 0. The van der Waals surface area contributed by atoms with Crippen LogP contribution in [0.25, 0.3) is 21.7 Å². The molecule has 0 radical (unpaired) electrons. The Morgan fingerprint density at radius 3 is 2.80 bits per heavy atom. The zero-order valence-electron chi connectivity index (χ0n) is 8.44. The predicted molar refractivity (Wildman–Crippen MR) is 61.8 cm³/mol. The molecule has 1 aromatic carbocycles. The summed E-state index contributed by atoms with van der Waals surface area (Å²) in [7, 11) is 0. The van der Waals surface area contributed by atoms with Gasteiger partial charge in [-0.25, -0.2) is 0 Å². The number of hydrogen-bond acceptors (Lipinski definition) is 2. The van der Waals surface area contributed by atoms with E-state index in [4.69, 9.17) is 0 Å². The zero-order chi connectivity index (χ0) is 10.3. The van der Waals surface area contributed by atoms with Crippen LogP contribution in [0, 0.1) is 6.92 Å². The van der Waals surface area contributed by atoms with Gasteiger partial charge in [0.1, 0.15) is 0 Å². The van der Waals surface area contributed by atoms with Crippen molar-refractivity contribution < 1.29 is 0 Å². The van der Waals surface area contributed by atoms with Gasteiger partial charge in [0.25, 0.3) is 0 Å². The number of aromatic nitrogens is 2. The molecule has 0 aliphatic rings. The van der Waals surface area contributed by atoms with Gasteiger partial charge in [-0.3, -0.25) is 9.97 Å². The molecule has 0 spiro atoms. The van der Waals surface area contributed by atoms with Crippen molar-refractivity contribution in [3.8, 4) is 0 Å². The summed E-state index contributed by atoms with van der Waals surface area (Å²) in [4.78, 5) is 8.62. The Bertz CT molecular complexity index is 644. The highest BCUT2D eigenvalue weighted by atomic mass is 14.7. The summed E-state index contributed by atoms with van der Waals surface area (Å²) in [5.41, 5.74) is 2.10. The molecule has 0 atom stereocenters. The topological polar surface area (TPSA) is 25.8 Å². The highest BCUT2D eigenvalue weighted by Crippen LogP contribution is 2.20. The summed E-state index contributed by atoms with van der Waals surface area (Å²) in [6.07, 6.45) is 3.69. The third kappa shape index (κ3) is 1.34. The van der Waals surface area contributed by atoms with Crippen LogP contribution in [0.15, 0.2) is 42.7 Å². The Labute approximate surface area is 87.6 Å². The molecule has 2 nitrogen and oxygen atoms in total. The van der Waals surface area contributed by atoms with Crippen LogP contribution in [0.4, 0.5) is 0 Å². The molecule has 0 bridgehead atoms. The van der Waals surface area contributed by atoms with Crippen molar-refractivity contribution in [2.24, 2.45) is 0 Å². The van der Waals surface area contributed by atoms with Crippen molar-refractivity contribution >= 4 is 21.7 Å². The van der Waals surface area contributed by atoms with E-state index in [1.165, 1.54) is 10.8 Å². The molecule has 0 saturated carbocycles. The molecular weight excluding hydrogens is 184 g/mol. The molecule has 0 fully saturated rings. The third-order valence-corrected chi connectivity index (χ3v) is 2.59. The number of rotatable bonds is 0. The van der Waals surface area contributed by atoms with Gasteiger partial charge < -0.3 is 0 Å². The van der Waals surface area contributed by atoms with Gasteiger partial charge in [-0.1, -0.05) is 6.07 Å². The van der Waals surface area contributed by atoms with E-state index in [-0.39, 0.29) is 0 Å². The molecule has 2 heterocycles. The molecule has 0 aliphatic carbocycles. The normalized spacial score (nSPS) is 11.0. The second-order valence-corrected chi connectivity index (χ2v) is 3.72. The fourth-order valence-corrected chi connectivity index (χ4v) is 1.81. The van der Waals surface area contributed by atoms with Crippen LogP contribution in [0.1, 0.15) is 5.69 Å². The van der Waals surface area contributed by atoms with Gasteiger partial charge in [0.2, 0.25) is 0 Å². The van der Waals surface area contributed by atoms with Crippen molar-refractivity contribution in [3.63, 3.8) is 0 Å². The lowest BCUT2D eigenvalue weighted by Gasteiger charge is -2.01. The minimum atomic E-state index is 1.05. The molecule has 72 valence electrons.